The summed E-state index contributed by atoms with van der Waals surface area (Å²) in [5.41, 5.74) is 2.73. The predicted molar refractivity (Wildman–Crippen MR) is 124 cm³/mol. The van der Waals surface area contributed by atoms with Crippen LogP contribution in [-0.2, 0) is 16.6 Å². The highest BCUT2D eigenvalue weighted by atomic mass is 32.2. The van der Waals surface area contributed by atoms with Gasteiger partial charge in [-0.3, -0.25) is 4.99 Å². The van der Waals surface area contributed by atoms with Crippen molar-refractivity contribution in [3.8, 4) is 5.75 Å². The molecule has 1 fully saturated rings. The zero-order chi connectivity index (χ0) is 21.5. The normalized spacial score (nSPS) is 15.2. The molecule has 3 aromatic carbocycles. The summed E-state index contributed by atoms with van der Waals surface area (Å²) in [5, 5.41) is 0. The second-order valence-corrected chi connectivity index (χ2v) is 9.50. The van der Waals surface area contributed by atoms with Gasteiger partial charge in [-0.05, 0) is 60.4 Å². The maximum Gasteiger partial charge on any atom is 0.243 e. The second-order valence-electron chi connectivity index (χ2n) is 7.56. The summed E-state index contributed by atoms with van der Waals surface area (Å²) in [6, 6.07) is 24.5. The number of nitrogens with zero attached hydrogens (tertiary/aromatic N) is 2. The predicted octanol–water partition coefficient (Wildman–Crippen LogP) is 5.19. The first-order chi connectivity index (χ1) is 15.1. The summed E-state index contributed by atoms with van der Waals surface area (Å²) in [4.78, 5) is 4.81. The van der Waals surface area contributed by atoms with Gasteiger partial charge in [-0.25, -0.2) is 8.42 Å². The molecular formula is C25H26N2O3S. The van der Waals surface area contributed by atoms with Crippen LogP contribution < -0.4 is 4.74 Å². The van der Waals surface area contributed by atoms with Gasteiger partial charge in [0.1, 0.15) is 12.4 Å². The van der Waals surface area contributed by atoms with Gasteiger partial charge >= 0.3 is 0 Å². The third kappa shape index (κ3) is 5.60. The highest BCUT2D eigenvalue weighted by molar-refractivity contribution is 7.89. The quantitative estimate of drug-likeness (QED) is 0.481. The van der Waals surface area contributed by atoms with E-state index in [1.165, 1.54) is 0 Å². The van der Waals surface area contributed by atoms with E-state index >= 15 is 0 Å². The van der Waals surface area contributed by atoms with Crippen molar-refractivity contribution in [1.29, 1.82) is 0 Å². The lowest BCUT2D eigenvalue weighted by molar-refractivity contribution is 0.306. The molecule has 0 saturated carbocycles. The van der Waals surface area contributed by atoms with Gasteiger partial charge in [-0.1, -0.05) is 48.9 Å². The van der Waals surface area contributed by atoms with Crippen molar-refractivity contribution >= 4 is 21.9 Å². The molecule has 6 heteroatoms. The third-order valence-electron chi connectivity index (χ3n) is 5.26. The second kappa shape index (κ2) is 9.90. The van der Waals surface area contributed by atoms with Gasteiger partial charge in [-0.2, -0.15) is 4.31 Å². The number of hydrogen-bond acceptors (Lipinski definition) is 4. The Morgan fingerprint density at radius 1 is 0.871 bits per heavy atom. The molecule has 1 heterocycles. The van der Waals surface area contributed by atoms with Crippen molar-refractivity contribution in [3.63, 3.8) is 0 Å². The summed E-state index contributed by atoms with van der Waals surface area (Å²) in [6.45, 7) is 1.71. The van der Waals surface area contributed by atoms with Crippen molar-refractivity contribution in [2.75, 3.05) is 13.1 Å². The molecule has 5 nitrogen and oxygen atoms in total. The Hall–Kier alpha value is -2.96. The molecule has 0 amide bonds. The van der Waals surface area contributed by atoms with E-state index in [2.05, 4.69) is 4.99 Å². The van der Waals surface area contributed by atoms with Crippen LogP contribution in [0.2, 0.25) is 0 Å². The fourth-order valence-corrected chi connectivity index (χ4v) is 5.05. The first-order valence-corrected chi connectivity index (χ1v) is 12.0. The van der Waals surface area contributed by atoms with Gasteiger partial charge in [0.2, 0.25) is 10.0 Å². The zero-order valence-corrected chi connectivity index (χ0v) is 18.2. The maximum absolute atomic E-state index is 12.8. The van der Waals surface area contributed by atoms with Crippen molar-refractivity contribution in [2.24, 2.45) is 4.99 Å². The maximum atomic E-state index is 12.8. The number of sulfonamides is 1. The smallest absolute Gasteiger partial charge is 0.243 e. The summed E-state index contributed by atoms with van der Waals surface area (Å²) in [6.07, 6.45) is 4.70. The molecule has 0 spiro atoms. The van der Waals surface area contributed by atoms with Gasteiger partial charge in [0.15, 0.2) is 0 Å². The SMILES string of the molecule is O=S(=O)(c1ccc(N=Cc2cccc(OCc3ccccc3)c2)cc1)N1CCCCC1. The highest BCUT2D eigenvalue weighted by Gasteiger charge is 2.25. The van der Waals surface area contributed by atoms with Crippen molar-refractivity contribution in [3.05, 3.63) is 90.0 Å². The molecule has 31 heavy (non-hydrogen) atoms. The summed E-state index contributed by atoms with van der Waals surface area (Å²) in [5.74, 6) is 0.774. The Bertz CT molecular complexity index is 1120. The lowest BCUT2D eigenvalue weighted by atomic mass is 10.2. The molecule has 0 bridgehead atoms. The largest absolute Gasteiger partial charge is 0.489 e. The summed E-state index contributed by atoms with van der Waals surface area (Å²) < 4.78 is 32.9. The van der Waals surface area contributed by atoms with E-state index in [1.54, 1.807) is 34.8 Å². The molecule has 1 aliphatic heterocycles. The summed E-state index contributed by atoms with van der Waals surface area (Å²) >= 11 is 0. The van der Waals surface area contributed by atoms with Crippen LogP contribution in [0.5, 0.6) is 5.75 Å². The first-order valence-electron chi connectivity index (χ1n) is 10.5. The Kier molecular flexibility index (Phi) is 6.79. The van der Waals surface area contributed by atoms with Crippen LogP contribution in [0, 0.1) is 0 Å². The number of rotatable bonds is 7. The lowest BCUT2D eigenvalue weighted by Gasteiger charge is -2.25. The number of piperidine rings is 1. The molecule has 0 N–H and O–H groups in total. The van der Waals surface area contributed by atoms with E-state index in [9.17, 15) is 8.42 Å². The van der Waals surface area contributed by atoms with E-state index < -0.39 is 10.0 Å². The standard InChI is InChI=1S/C25H26N2O3S/c28-31(29,27-16-5-2-6-17-27)25-14-12-23(13-15-25)26-19-22-10-7-11-24(18-22)30-20-21-8-3-1-4-9-21/h1,3-4,7-15,18-19H,2,5-6,16-17,20H2. The van der Waals surface area contributed by atoms with Gasteiger partial charge in [0.25, 0.3) is 0 Å². The van der Waals surface area contributed by atoms with Crippen LogP contribution >= 0.6 is 0 Å². The van der Waals surface area contributed by atoms with Crippen molar-refractivity contribution in [2.45, 2.75) is 30.8 Å². The van der Waals surface area contributed by atoms with Crippen LogP contribution in [0.1, 0.15) is 30.4 Å². The number of ether oxygens (including phenoxy) is 1. The first kappa shape index (κ1) is 21.3. The Labute approximate surface area is 184 Å². The van der Waals surface area contributed by atoms with Gasteiger partial charge in [0.05, 0.1) is 10.6 Å². The average Bonchev–Trinajstić information content (AvgIpc) is 2.83. The van der Waals surface area contributed by atoms with Crippen LogP contribution in [-0.4, -0.2) is 32.0 Å². The van der Waals surface area contributed by atoms with E-state index in [4.69, 9.17) is 4.74 Å². The van der Waals surface area contributed by atoms with Crippen molar-refractivity contribution < 1.29 is 13.2 Å². The fourth-order valence-electron chi connectivity index (χ4n) is 3.53. The molecule has 0 radical (unpaired) electrons. The Balaban J connectivity index is 1.40. The minimum Gasteiger partial charge on any atom is -0.489 e. The number of aliphatic imine (C=N–C) groups is 1. The van der Waals surface area contributed by atoms with Crippen LogP contribution in [0.15, 0.2) is 88.8 Å². The minimum atomic E-state index is -3.42. The third-order valence-corrected chi connectivity index (χ3v) is 7.17. The van der Waals surface area contributed by atoms with E-state index in [0.29, 0.717) is 30.3 Å². The molecule has 0 atom stereocenters. The Morgan fingerprint density at radius 2 is 1.61 bits per heavy atom. The minimum absolute atomic E-state index is 0.324. The van der Waals surface area contributed by atoms with Crippen LogP contribution in [0.4, 0.5) is 5.69 Å². The highest BCUT2D eigenvalue weighted by Crippen LogP contribution is 2.23. The average molecular weight is 435 g/mol. The molecule has 0 unspecified atom stereocenters. The zero-order valence-electron chi connectivity index (χ0n) is 17.4. The van der Waals surface area contributed by atoms with Crippen LogP contribution in [0.3, 0.4) is 0 Å². The molecule has 1 saturated heterocycles. The van der Waals surface area contributed by atoms with E-state index in [-0.39, 0.29) is 0 Å². The molecular weight excluding hydrogens is 408 g/mol. The molecule has 4 rings (SSSR count). The molecule has 3 aromatic rings. The van der Waals surface area contributed by atoms with E-state index in [1.807, 2.05) is 54.6 Å². The topological polar surface area (TPSA) is 59.0 Å². The van der Waals surface area contributed by atoms with E-state index in [0.717, 1.165) is 36.1 Å². The fraction of sp³-hybridized carbons (Fsp3) is 0.240. The monoisotopic (exact) mass is 434 g/mol. The molecule has 160 valence electrons. The number of hydrogen-bond donors (Lipinski definition) is 0. The number of benzene rings is 3. The molecule has 0 aliphatic carbocycles. The van der Waals surface area contributed by atoms with Gasteiger partial charge in [0, 0.05) is 19.3 Å². The lowest BCUT2D eigenvalue weighted by Crippen LogP contribution is -2.35. The van der Waals surface area contributed by atoms with Crippen molar-refractivity contribution in [1.82, 2.24) is 4.31 Å². The van der Waals surface area contributed by atoms with Crippen LogP contribution in [0.25, 0.3) is 0 Å². The summed E-state index contributed by atoms with van der Waals surface area (Å²) in [7, 11) is -3.42. The van der Waals surface area contributed by atoms with Gasteiger partial charge < -0.3 is 4.74 Å². The Morgan fingerprint density at radius 3 is 2.35 bits per heavy atom. The molecule has 1 aliphatic rings. The van der Waals surface area contributed by atoms with Gasteiger partial charge in [-0.15, -0.1) is 0 Å². The molecule has 0 aromatic heterocycles.